The van der Waals surface area contributed by atoms with Crippen molar-refractivity contribution in [2.24, 2.45) is 5.92 Å². The monoisotopic (exact) mass is 270 g/mol. The molecule has 0 aromatic heterocycles. The van der Waals surface area contributed by atoms with Gasteiger partial charge in [-0.05, 0) is 39.2 Å². The van der Waals surface area contributed by atoms with Crippen molar-refractivity contribution in [1.29, 1.82) is 0 Å². The molecule has 1 rings (SSSR count). The summed E-state index contributed by atoms with van der Waals surface area (Å²) in [5.74, 6) is 0.717. The molecule has 1 aliphatic rings. The lowest BCUT2D eigenvalue weighted by Crippen LogP contribution is -2.62. The Hall–Kier alpha value is -0.120. The molecular weight excluding hydrogens is 236 g/mol. The number of nitrogens with zero attached hydrogens (tertiary/aromatic N) is 1. The summed E-state index contributed by atoms with van der Waals surface area (Å²) in [6, 6.07) is 0.561. The zero-order chi connectivity index (χ0) is 14.3. The highest BCUT2D eigenvalue weighted by Crippen LogP contribution is 2.27. The Morgan fingerprint density at radius 1 is 1.16 bits per heavy atom. The average Bonchev–Trinajstić information content (AvgIpc) is 2.40. The summed E-state index contributed by atoms with van der Waals surface area (Å²) >= 11 is 0. The van der Waals surface area contributed by atoms with Gasteiger partial charge in [-0.1, -0.05) is 27.2 Å². The van der Waals surface area contributed by atoms with Crippen molar-refractivity contribution in [3.8, 4) is 0 Å². The number of nitrogens with one attached hydrogen (secondary N) is 1. The molecule has 19 heavy (non-hydrogen) atoms. The highest BCUT2D eigenvalue weighted by atomic mass is 16.5. The molecule has 2 unspecified atom stereocenters. The maximum Gasteiger partial charge on any atom is 0.0594 e. The number of rotatable bonds is 8. The largest absolute Gasteiger partial charge is 0.379 e. The molecule has 0 spiro atoms. The van der Waals surface area contributed by atoms with Gasteiger partial charge in [-0.15, -0.1) is 0 Å². The lowest BCUT2D eigenvalue weighted by Gasteiger charge is -2.48. The summed E-state index contributed by atoms with van der Waals surface area (Å²) in [6.07, 6.45) is 3.77. The second-order valence-electron chi connectivity index (χ2n) is 6.45. The van der Waals surface area contributed by atoms with E-state index in [-0.39, 0.29) is 5.54 Å². The minimum Gasteiger partial charge on any atom is -0.379 e. The minimum atomic E-state index is 0.202. The second kappa shape index (κ2) is 8.23. The molecular formula is C16H34N2O. The predicted molar refractivity (Wildman–Crippen MR) is 82.6 cm³/mol. The quantitative estimate of drug-likeness (QED) is 0.734. The van der Waals surface area contributed by atoms with E-state index in [0.717, 1.165) is 38.8 Å². The van der Waals surface area contributed by atoms with E-state index in [1.165, 1.54) is 19.3 Å². The van der Waals surface area contributed by atoms with Crippen molar-refractivity contribution >= 4 is 0 Å². The van der Waals surface area contributed by atoms with Crippen LogP contribution in [-0.4, -0.2) is 49.3 Å². The van der Waals surface area contributed by atoms with E-state index >= 15 is 0 Å². The van der Waals surface area contributed by atoms with Gasteiger partial charge in [0.1, 0.15) is 0 Å². The summed E-state index contributed by atoms with van der Waals surface area (Å²) in [7, 11) is 0. The van der Waals surface area contributed by atoms with Gasteiger partial charge in [-0.2, -0.15) is 0 Å². The Morgan fingerprint density at radius 3 is 2.32 bits per heavy atom. The Labute approximate surface area is 120 Å². The lowest BCUT2D eigenvalue weighted by molar-refractivity contribution is -0.0311. The molecule has 1 saturated heterocycles. The molecule has 0 bridgehead atoms. The fraction of sp³-hybridized carbons (Fsp3) is 1.00. The Kier molecular flexibility index (Phi) is 7.33. The van der Waals surface area contributed by atoms with Gasteiger partial charge in [0, 0.05) is 24.7 Å². The molecule has 0 aromatic carbocycles. The van der Waals surface area contributed by atoms with Crippen LogP contribution < -0.4 is 5.32 Å². The first kappa shape index (κ1) is 16.9. The third-order valence-corrected chi connectivity index (χ3v) is 4.51. The van der Waals surface area contributed by atoms with Crippen LogP contribution in [0.5, 0.6) is 0 Å². The van der Waals surface area contributed by atoms with Crippen LogP contribution in [0.2, 0.25) is 0 Å². The van der Waals surface area contributed by atoms with Gasteiger partial charge in [0.2, 0.25) is 0 Å². The first-order chi connectivity index (χ1) is 9.04. The first-order valence-electron chi connectivity index (χ1n) is 8.10. The van der Waals surface area contributed by atoms with Crippen LogP contribution >= 0.6 is 0 Å². The van der Waals surface area contributed by atoms with Crippen molar-refractivity contribution in [1.82, 2.24) is 10.2 Å². The van der Waals surface area contributed by atoms with Crippen LogP contribution in [0.1, 0.15) is 53.9 Å². The summed E-state index contributed by atoms with van der Waals surface area (Å²) in [5, 5.41) is 3.81. The van der Waals surface area contributed by atoms with Crippen LogP contribution in [0.3, 0.4) is 0 Å². The van der Waals surface area contributed by atoms with Gasteiger partial charge < -0.3 is 10.1 Å². The zero-order valence-electron chi connectivity index (χ0n) is 13.7. The molecule has 1 fully saturated rings. The van der Waals surface area contributed by atoms with Crippen LogP contribution in [0.15, 0.2) is 0 Å². The second-order valence-corrected chi connectivity index (χ2v) is 6.45. The molecule has 1 N–H and O–H groups in total. The van der Waals surface area contributed by atoms with Crippen LogP contribution in [0.25, 0.3) is 0 Å². The first-order valence-corrected chi connectivity index (χ1v) is 8.10. The molecule has 1 heterocycles. The van der Waals surface area contributed by atoms with Crippen LogP contribution in [-0.2, 0) is 4.74 Å². The Bertz CT molecular complexity index is 237. The normalized spacial score (nSPS) is 21.3. The van der Waals surface area contributed by atoms with Crippen molar-refractivity contribution in [2.75, 3.05) is 32.8 Å². The molecule has 2 atom stereocenters. The summed E-state index contributed by atoms with van der Waals surface area (Å²) in [4.78, 5) is 2.61. The molecule has 1 aliphatic heterocycles. The van der Waals surface area contributed by atoms with Crippen LogP contribution in [0, 0.1) is 5.92 Å². The number of hydrogen-bond donors (Lipinski definition) is 1. The van der Waals surface area contributed by atoms with Crippen molar-refractivity contribution in [3.63, 3.8) is 0 Å². The SMILES string of the molecule is CCCNC(C(C)CCC)C(C)(C)N1CCOCC1. The van der Waals surface area contributed by atoms with Crippen molar-refractivity contribution in [2.45, 2.75) is 65.5 Å². The number of morpholine rings is 1. The molecule has 0 aromatic rings. The van der Waals surface area contributed by atoms with Gasteiger partial charge in [0.15, 0.2) is 0 Å². The molecule has 3 heteroatoms. The molecule has 0 radical (unpaired) electrons. The maximum absolute atomic E-state index is 5.50. The van der Waals surface area contributed by atoms with Crippen molar-refractivity contribution in [3.05, 3.63) is 0 Å². The maximum atomic E-state index is 5.50. The fourth-order valence-corrected chi connectivity index (χ4v) is 3.41. The molecule has 0 saturated carbocycles. The third-order valence-electron chi connectivity index (χ3n) is 4.51. The third kappa shape index (κ3) is 4.73. The summed E-state index contributed by atoms with van der Waals surface area (Å²) in [6.45, 7) is 16.7. The van der Waals surface area contributed by atoms with Gasteiger partial charge in [0.05, 0.1) is 13.2 Å². The van der Waals surface area contributed by atoms with E-state index in [1.807, 2.05) is 0 Å². The van der Waals surface area contributed by atoms with E-state index in [2.05, 4.69) is 44.8 Å². The lowest BCUT2D eigenvalue weighted by atomic mass is 9.81. The highest BCUT2D eigenvalue weighted by Gasteiger charge is 2.38. The van der Waals surface area contributed by atoms with E-state index in [9.17, 15) is 0 Å². The molecule has 0 amide bonds. The minimum absolute atomic E-state index is 0.202. The Morgan fingerprint density at radius 2 is 1.79 bits per heavy atom. The predicted octanol–water partition coefficient (Wildman–Crippen LogP) is 2.90. The smallest absolute Gasteiger partial charge is 0.0594 e. The van der Waals surface area contributed by atoms with E-state index < -0.39 is 0 Å². The number of hydrogen-bond acceptors (Lipinski definition) is 3. The van der Waals surface area contributed by atoms with Crippen molar-refractivity contribution < 1.29 is 4.74 Å². The van der Waals surface area contributed by atoms with Gasteiger partial charge in [-0.3, -0.25) is 4.90 Å². The average molecular weight is 270 g/mol. The fourth-order valence-electron chi connectivity index (χ4n) is 3.41. The van der Waals surface area contributed by atoms with E-state index in [4.69, 9.17) is 4.74 Å². The van der Waals surface area contributed by atoms with Gasteiger partial charge >= 0.3 is 0 Å². The van der Waals surface area contributed by atoms with Crippen LogP contribution in [0.4, 0.5) is 0 Å². The highest BCUT2D eigenvalue weighted by molar-refractivity contribution is 4.96. The van der Waals surface area contributed by atoms with E-state index in [1.54, 1.807) is 0 Å². The molecule has 0 aliphatic carbocycles. The topological polar surface area (TPSA) is 24.5 Å². The standard InChI is InChI=1S/C16H34N2O/c1-6-8-14(3)15(17-9-7-2)16(4,5)18-10-12-19-13-11-18/h14-15,17H,6-13H2,1-5H3. The zero-order valence-corrected chi connectivity index (χ0v) is 13.7. The number of ether oxygens (including phenoxy) is 1. The molecule has 114 valence electrons. The van der Waals surface area contributed by atoms with Gasteiger partial charge in [0.25, 0.3) is 0 Å². The molecule has 3 nitrogen and oxygen atoms in total. The summed E-state index contributed by atoms with van der Waals surface area (Å²) < 4.78 is 5.50. The summed E-state index contributed by atoms with van der Waals surface area (Å²) in [5.41, 5.74) is 0.202. The Balaban J connectivity index is 2.73. The van der Waals surface area contributed by atoms with E-state index in [0.29, 0.717) is 6.04 Å². The van der Waals surface area contributed by atoms with Gasteiger partial charge in [-0.25, -0.2) is 0 Å².